The Balaban J connectivity index is 1.63. The van der Waals surface area contributed by atoms with E-state index in [9.17, 15) is 4.79 Å². The van der Waals surface area contributed by atoms with Gasteiger partial charge in [-0.15, -0.1) is 0 Å². The summed E-state index contributed by atoms with van der Waals surface area (Å²) in [6.07, 6.45) is 7.01. The Kier molecular flexibility index (Phi) is 5.42. The standard InChI is InChI=1S/C19H22ClN5O/c1-13(2)11-25-19(20)16(14(3)23-25)7-8-18(26)21-10-15-12-24-9-5-4-6-17(24)22-15/h4-9,12-13H,10-11H2,1-3H3,(H,21,26)/b8-7+. The van der Waals surface area contributed by atoms with Crippen LogP contribution in [-0.4, -0.2) is 25.1 Å². The molecule has 0 fully saturated rings. The molecule has 0 unspecified atom stereocenters. The van der Waals surface area contributed by atoms with Gasteiger partial charge >= 0.3 is 0 Å². The lowest BCUT2D eigenvalue weighted by Crippen LogP contribution is -2.20. The van der Waals surface area contributed by atoms with Crippen molar-refractivity contribution in [2.45, 2.75) is 33.9 Å². The second kappa shape index (κ2) is 7.74. The highest BCUT2D eigenvalue weighted by Gasteiger charge is 2.12. The van der Waals surface area contributed by atoms with Gasteiger partial charge in [-0.2, -0.15) is 5.10 Å². The number of imidazole rings is 1. The van der Waals surface area contributed by atoms with Crippen LogP contribution < -0.4 is 5.32 Å². The minimum Gasteiger partial charge on any atom is -0.347 e. The fourth-order valence-electron chi connectivity index (χ4n) is 2.69. The van der Waals surface area contributed by atoms with E-state index in [0.717, 1.165) is 29.1 Å². The number of nitrogens with one attached hydrogen (secondary N) is 1. The maximum absolute atomic E-state index is 12.1. The summed E-state index contributed by atoms with van der Waals surface area (Å²) in [4.78, 5) is 16.6. The van der Waals surface area contributed by atoms with E-state index in [-0.39, 0.29) is 5.91 Å². The largest absolute Gasteiger partial charge is 0.347 e. The Morgan fingerprint density at radius 3 is 2.92 bits per heavy atom. The van der Waals surface area contributed by atoms with Crippen molar-refractivity contribution in [2.75, 3.05) is 0 Å². The van der Waals surface area contributed by atoms with Gasteiger partial charge in [0.05, 0.1) is 17.9 Å². The van der Waals surface area contributed by atoms with Gasteiger partial charge in [-0.25, -0.2) is 4.98 Å². The van der Waals surface area contributed by atoms with Gasteiger partial charge in [-0.05, 0) is 31.1 Å². The first-order valence-electron chi connectivity index (χ1n) is 8.55. The lowest BCUT2D eigenvalue weighted by Gasteiger charge is -2.05. The van der Waals surface area contributed by atoms with E-state index >= 15 is 0 Å². The number of nitrogens with zero attached hydrogens (tertiary/aromatic N) is 4. The molecule has 0 atom stereocenters. The Morgan fingerprint density at radius 2 is 2.19 bits per heavy atom. The molecule has 0 saturated heterocycles. The van der Waals surface area contributed by atoms with Crippen LogP contribution in [0.25, 0.3) is 11.7 Å². The third kappa shape index (κ3) is 4.14. The van der Waals surface area contributed by atoms with Crippen LogP contribution in [0.4, 0.5) is 0 Å². The van der Waals surface area contributed by atoms with Crippen LogP contribution >= 0.6 is 11.6 Å². The smallest absolute Gasteiger partial charge is 0.244 e. The quantitative estimate of drug-likeness (QED) is 0.675. The van der Waals surface area contributed by atoms with Crippen LogP contribution in [0.2, 0.25) is 5.15 Å². The Morgan fingerprint density at radius 1 is 1.38 bits per heavy atom. The number of rotatable bonds is 6. The molecule has 0 spiro atoms. The maximum atomic E-state index is 12.1. The average Bonchev–Trinajstić information content (AvgIpc) is 3.12. The van der Waals surface area contributed by atoms with Crippen LogP contribution in [-0.2, 0) is 17.9 Å². The molecule has 0 saturated carbocycles. The average molecular weight is 372 g/mol. The van der Waals surface area contributed by atoms with Crippen molar-refractivity contribution in [3.8, 4) is 0 Å². The number of hydrogen-bond donors (Lipinski definition) is 1. The Hall–Kier alpha value is -2.60. The normalized spacial score (nSPS) is 11.7. The third-order valence-corrected chi connectivity index (χ3v) is 4.31. The number of aromatic nitrogens is 4. The molecule has 0 aliphatic rings. The summed E-state index contributed by atoms with van der Waals surface area (Å²) in [5.41, 5.74) is 3.24. The van der Waals surface area contributed by atoms with Gasteiger partial charge in [0.25, 0.3) is 0 Å². The van der Waals surface area contributed by atoms with Gasteiger partial charge in [0.2, 0.25) is 5.91 Å². The van der Waals surface area contributed by atoms with Crippen molar-refractivity contribution < 1.29 is 4.79 Å². The molecule has 1 amide bonds. The predicted molar refractivity (Wildman–Crippen MR) is 103 cm³/mol. The fourth-order valence-corrected chi connectivity index (χ4v) is 3.00. The highest BCUT2D eigenvalue weighted by molar-refractivity contribution is 6.31. The van der Waals surface area contributed by atoms with E-state index in [1.165, 1.54) is 6.08 Å². The molecule has 0 aliphatic carbocycles. The Bertz CT molecular complexity index is 921. The molecule has 1 N–H and O–H groups in total. The fraction of sp³-hybridized carbons (Fsp3) is 0.316. The summed E-state index contributed by atoms with van der Waals surface area (Å²) >= 11 is 6.38. The molecule has 3 aromatic heterocycles. The molecule has 136 valence electrons. The molecule has 3 rings (SSSR count). The van der Waals surface area contributed by atoms with Gasteiger partial charge < -0.3 is 9.72 Å². The van der Waals surface area contributed by atoms with Crippen LogP contribution in [0, 0.1) is 12.8 Å². The van der Waals surface area contributed by atoms with Crippen LogP contribution in [0.5, 0.6) is 0 Å². The van der Waals surface area contributed by atoms with E-state index in [1.54, 1.807) is 10.8 Å². The summed E-state index contributed by atoms with van der Waals surface area (Å²) in [7, 11) is 0. The molecule has 3 heterocycles. The van der Waals surface area contributed by atoms with Crippen molar-refractivity contribution in [1.82, 2.24) is 24.5 Å². The summed E-state index contributed by atoms with van der Waals surface area (Å²) < 4.78 is 3.69. The Labute approximate surface area is 157 Å². The number of pyridine rings is 1. The van der Waals surface area contributed by atoms with Gasteiger partial charge in [-0.1, -0.05) is 31.5 Å². The van der Waals surface area contributed by atoms with E-state index in [1.807, 2.05) is 41.9 Å². The number of halogens is 1. The van der Waals surface area contributed by atoms with Crippen molar-refractivity contribution in [3.05, 3.63) is 58.8 Å². The van der Waals surface area contributed by atoms with Crippen molar-refractivity contribution in [3.63, 3.8) is 0 Å². The first-order valence-corrected chi connectivity index (χ1v) is 8.93. The zero-order valence-corrected chi connectivity index (χ0v) is 15.9. The van der Waals surface area contributed by atoms with E-state index < -0.39 is 0 Å². The topological polar surface area (TPSA) is 64.2 Å². The monoisotopic (exact) mass is 371 g/mol. The number of carbonyl (C=O) groups is 1. The first-order chi connectivity index (χ1) is 12.4. The van der Waals surface area contributed by atoms with Crippen molar-refractivity contribution in [1.29, 1.82) is 0 Å². The SMILES string of the molecule is Cc1nn(CC(C)C)c(Cl)c1/C=C/C(=O)NCc1cn2ccccc2n1. The molecule has 0 aliphatic heterocycles. The zero-order chi connectivity index (χ0) is 18.7. The molecule has 6 nitrogen and oxygen atoms in total. The van der Waals surface area contributed by atoms with Crippen molar-refractivity contribution in [2.24, 2.45) is 5.92 Å². The molecular weight excluding hydrogens is 350 g/mol. The third-order valence-electron chi connectivity index (χ3n) is 3.91. The molecule has 0 radical (unpaired) electrons. The summed E-state index contributed by atoms with van der Waals surface area (Å²) in [5.74, 6) is 0.242. The molecule has 7 heteroatoms. The molecule has 3 aromatic rings. The minimum atomic E-state index is -0.200. The van der Waals surface area contributed by atoms with Crippen molar-refractivity contribution >= 4 is 29.2 Å². The second-order valence-corrected chi connectivity index (χ2v) is 6.97. The number of hydrogen-bond acceptors (Lipinski definition) is 3. The molecular formula is C19H22ClN5O. The number of amides is 1. The number of carbonyl (C=O) groups excluding carboxylic acids is 1. The van der Waals surface area contributed by atoms with Gasteiger partial charge in [0.1, 0.15) is 10.8 Å². The van der Waals surface area contributed by atoms with Gasteiger partial charge in [0.15, 0.2) is 0 Å². The first kappa shape index (κ1) is 18.2. The summed E-state index contributed by atoms with van der Waals surface area (Å²) in [6.45, 7) is 7.21. The lowest BCUT2D eigenvalue weighted by atomic mass is 10.2. The second-order valence-electron chi connectivity index (χ2n) is 6.62. The lowest BCUT2D eigenvalue weighted by molar-refractivity contribution is -0.116. The van der Waals surface area contributed by atoms with E-state index in [0.29, 0.717) is 17.6 Å². The summed E-state index contributed by atoms with van der Waals surface area (Å²) in [5, 5.41) is 7.83. The summed E-state index contributed by atoms with van der Waals surface area (Å²) in [6, 6.07) is 5.79. The minimum absolute atomic E-state index is 0.200. The maximum Gasteiger partial charge on any atom is 0.244 e. The van der Waals surface area contributed by atoms with Gasteiger partial charge in [-0.3, -0.25) is 9.48 Å². The number of fused-ring (bicyclic) bond motifs is 1. The van der Waals surface area contributed by atoms with Crippen LogP contribution in [0.3, 0.4) is 0 Å². The zero-order valence-electron chi connectivity index (χ0n) is 15.1. The van der Waals surface area contributed by atoms with Crippen LogP contribution in [0.15, 0.2) is 36.7 Å². The molecule has 0 bridgehead atoms. The van der Waals surface area contributed by atoms with E-state index in [2.05, 4.69) is 29.2 Å². The highest BCUT2D eigenvalue weighted by atomic mass is 35.5. The van der Waals surface area contributed by atoms with Gasteiger partial charge in [0, 0.05) is 30.6 Å². The molecule has 0 aromatic carbocycles. The number of aryl methyl sites for hydroxylation is 1. The predicted octanol–water partition coefficient (Wildman–Crippen LogP) is 3.48. The highest BCUT2D eigenvalue weighted by Crippen LogP contribution is 2.22. The van der Waals surface area contributed by atoms with Crippen LogP contribution in [0.1, 0.15) is 30.8 Å². The molecule has 26 heavy (non-hydrogen) atoms. The van der Waals surface area contributed by atoms with E-state index in [4.69, 9.17) is 11.6 Å².